The van der Waals surface area contributed by atoms with Gasteiger partial charge in [-0.1, -0.05) is 6.07 Å². The highest BCUT2D eigenvalue weighted by Crippen LogP contribution is 2.12. The van der Waals surface area contributed by atoms with Gasteiger partial charge in [-0.2, -0.15) is 0 Å². The molecule has 0 spiro atoms. The first-order chi connectivity index (χ1) is 7.65. The summed E-state index contributed by atoms with van der Waals surface area (Å²) in [6.45, 7) is 1.93. The van der Waals surface area contributed by atoms with Crippen LogP contribution in [0.1, 0.15) is 11.8 Å². The molecule has 1 aliphatic rings. The van der Waals surface area contributed by atoms with E-state index in [-0.39, 0.29) is 12.0 Å². The molecule has 1 atom stereocenters. The summed E-state index contributed by atoms with van der Waals surface area (Å²) in [5.41, 5.74) is 0. The Bertz CT molecular complexity index is 421. The maximum absolute atomic E-state index is 10.9. The third-order valence-corrected chi connectivity index (χ3v) is 2.99. The first-order valence-electron chi connectivity index (χ1n) is 4.87. The van der Waals surface area contributed by atoms with E-state index in [0.717, 1.165) is 6.42 Å². The number of rotatable bonds is 3. The van der Waals surface area contributed by atoms with Crippen molar-refractivity contribution in [3.63, 3.8) is 0 Å². The predicted octanol–water partition coefficient (Wildman–Crippen LogP) is 0.281. The molecule has 0 radical (unpaired) electrons. The molecule has 16 heavy (non-hydrogen) atoms. The SMILES string of the molecule is CC(Cc1cccs1)N=C1NC(=O)C(=O)N1. The standard InChI is InChI=1S/C10H11N3O2S/c1-6(5-7-3-2-4-16-7)11-10-12-8(14)9(15)13-10/h2-4,6H,5H2,1H3,(H2,11,12,13,14,15). The highest BCUT2D eigenvalue weighted by molar-refractivity contribution is 7.09. The van der Waals surface area contributed by atoms with Crippen LogP contribution in [0.15, 0.2) is 22.5 Å². The second kappa shape index (κ2) is 4.44. The Morgan fingerprint density at radius 1 is 1.38 bits per heavy atom. The molecule has 1 saturated heterocycles. The zero-order valence-corrected chi connectivity index (χ0v) is 9.50. The van der Waals surface area contributed by atoms with Gasteiger partial charge in [0.1, 0.15) is 0 Å². The third kappa shape index (κ3) is 2.46. The van der Waals surface area contributed by atoms with Crippen molar-refractivity contribution in [3.05, 3.63) is 22.4 Å². The van der Waals surface area contributed by atoms with Crippen molar-refractivity contribution in [2.75, 3.05) is 0 Å². The Balaban J connectivity index is 1.97. The molecule has 5 nitrogen and oxygen atoms in total. The molecular weight excluding hydrogens is 226 g/mol. The molecule has 2 N–H and O–H groups in total. The van der Waals surface area contributed by atoms with Crippen LogP contribution in [0.25, 0.3) is 0 Å². The van der Waals surface area contributed by atoms with Gasteiger partial charge in [0.15, 0.2) is 0 Å². The zero-order valence-electron chi connectivity index (χ0n) is 8.69. The Morgan fingerprint density at radius 2 is 2.06 bits per heavy atom. The zero-order chi connectivity index (χ0) is 11.5. The van der Waals surface area contributed by atoms with Crippen LogP contribution in [0.2, 0.25) is 0 Å². The van der Waals surface area contributed by atoms with Crippen molar-refractivity contribution in [1.82, 2.24) is 10.6 Å². The summed E-state index contributed by atoms with van der Waals surface area (Å²) in [4.78, 5) is 27.2. The molecule has 1 aromatic heterocycles. The average molecular weight is 237 g/mol. The quantitative estimate of drug-likeness (QED) is 0.741. The topological polar surface area (TPSA) is 70.6 Å². The molecule has 2 amide bonds. The van der Waals surface area contributed by atoms with Crippen LogP contribution in [-0.4, -0.2) is 23.8 Å². The van der Waals surface area contributed by atoms with Crippen molar-refractivity contribution in [2.45, 2.75) is 19.4 Å². The van der Waals surface area contributed by atoms with Crippen LogP contribution >= 0.6 is 11.3 Å². The van der Waals surface area contributed by atoms with Gasteiger partial charge < -0.3 is 0 Å². The van der Waals surface area contributed by atoms with Crippen LogP contribution in [0.3, 0.4) is 0 Å². The maximum atomic E-state index is 10.9. The van der Waals surface area contributed by atoms with E-state index in [1.165, 1.54) is 4.88 Å². The molecule has 2 heterocycles. The highest BCUT2D eigenvalue weighted by atomic mass is 32.1. The smallest absolute Gasteiger partial charge is 0.288 e. The van der Waals surface area contributed by atoms with E-state index in [2.05, 4.69) is 15.6 Å². The van der Waals surface area contributed by atoms with E-state index in [0.29, 0.717) is 0 Å². The molecule has 1 aliphatic heterocycles. The number of thiophene rings is 1. The van der Waals surface area contributed by atoms with E-state index in [1.54, 1.807) is 11.3 Å². The van der Waals surface area contributed by atoms with Crippen LogP contribution < -0.4 is 10.6 Å². The van der Waals surface area contributed by atoms with E-state index >= 15 is 0 Å². The van der Waals surface area contributed by atoms with Gasteiger partial charge in [0, 0.05) is 11.3 Å². The molecule has 1 fully saturated rings. The van der Waals surface area contributed by atoms with E-state index < -0.39 is 11.8 Å². The fraction of sp³-hybridized carbons (Fsp3) is 0.300. The summed E-state index contributed by atoms with van der Waals surface area (Å²) in [5, 5.41) is 6.74. The van der Waals surface area contributed by atoms with Gasteiger partial charge >= 0.3 is 11.8 Å². The van der Waals surface area contributed by atoms with Crippen LogP contribution in [0.5, 0.6) is 0 Å². The fourth-order valence-electron chi connectivity index (χ4n) is 1.41. The summed E-state index contributed by atoms with van der Waals surface area (Å²) in [6.07, 6.45) is 0.799. The number of hydrogen-bond acceptors (Lipinski definition) is 4. The Labute approximate surface area is 96.6 Å². The molecular formula is C10H11N3O2S. The first-order valence-corrected chi connectivity index (χ1v) is 5.75. The average Bonchev–Trinajstić information content (AvgIpc) is 2.78. The summed E-state index contributed by atoms with van der Waals surface area (Å²) in [5.74, 6) is -1.05. The monoisotopic (exact) mass is 237 g/mol. The van der Waals surface area contributed by atoms with Gasteiger partial charge in [-0.15, -0.1) is 11.3 Å². The summed E-state index contributed by atoms with van der Waals surface area (Å²) >= 11 is 1.67. The van der Waals surface area contributed by atoms with Gasteiger partial charge in [0.25, 0.3) is 0 Å². The minimum Gasteiger partial charge on any atom is -0.288 e. The van der Waals surface area contributed by atoms with Gasteiger partial charge in [0.2, 0.25) is 5.96 Å². The van der Waals surface area contributed by atoms with Crippen LogP contribution in [0, 0.1) is 0 Å². The number of nitrogens with zero attached hydrogens (tertiary/aromatic N) is 1. The second-order valence-electron chi connectivity index (χ2n) is 3.52. The lowest BCUT2D eigenvalue weighted by Crippen LogP contribution is -2.27. The lowest BCUT2D eigenvalue weighted by molar-refractivity contribution is -0.135. The predicted molar refractivity (Wildman–Crippen MR) is 61.2 cm³/mol. The number of amides is 2. The van der Waals surface area contributed by atoms with Crippen molar-refractivity contribution >= 4 is 29.1 Å². The molecule has 84 valence electrons. The van der Waals surface area contributed by atoms with Crippen molar-refractivity contribution < 1.29 is 9.59 Å². The molecule has 0 bridgehead atoms. The fourth-order valence-corrected chi connectivity index (χ4v) is 2.24. The van der Waals surface area contributed by atoms with Crippen molar-refractivity contribution in [3.8, 4) is 0 Å². The Morgan fingerprint density at radius 3 is 2.62 bits per heavy atom. The summed E-state index contributed by atoms with van der Waals surface area (Å²) in [6, 6.07) is 4.04. The second-order valence-corrected chi connectivity index (χ2v) is 4.55. The maximum Gasteiger partial charge on any atom is 0.316 e. The van der Waals surface area contributed by atoms with E-state index in [9.17, 15) is 9.59 Å². The third-order valence-electron chi connectivity index (χ3n) is 2.10. The van der Waals surface area contributed by atoms with E-state index in [4.69, 9.17) is 0 Å². The molecule has 0 aromatic carbocycles. The lowest BCUT2D eigenvalue weighted by atomic mass is 10.2. The number of hydrogen-bond donors (Lipinski definition) is 2. The van der Waals surface area contributed by atoms with Gasteiger partial charge in [0.05, 0.1) is 6.04 Å². The molecule has 2 rings (SSSR count). The molecule has 1 aromatic rings. The highest BCUT2D eigenvalue weighted by Gasteiger charge is 2.25. The minimum atomic E-state index is -0.651. The number of aliphatic imine (C=N–C) groups is 1. The lowest BCUT2D eigenvalue weighted by Gasteiger charge is -2.05. The van der Waals surface area contributed by atoms with Gasteiger partial charge in [-0.05, 0) is 18.4 Å². The van der Waals surface area contributed by atoms with Crippen molar-refractivity contribution in [1.29, 1.82) is 0 Å². The minimum absolute atomic E-state index is 0.0207. The van der Waals surface area contributed by atoms with Crippen molar-refractivity contribution in [2.24, 2.45) is 4.99 Å². The Hall–Kier alpha value is -1.69. The van der Waals surface area contributed by atoms with Crippen LogP contribution in [-0.2, 0) is 16.0 Å². The number of nitrogens with one attached hydrogen (secondary N) is 2. The van der Waals surface area contributed by atoms with Gasteiger partial charge in [-0.3, -0.25) is 20.2 Å². The number of carbonyl (C=O) groups excluding carboxylic acids is 2. The molecule has 6 heteroatoms. The van der Waals surface area contributed by atoms with Crippen LogP contribution in [0.4, 0.5) is 0 Å². The first kappa shape index (κ1) is 10.8. The molecule has 0 saturated carbocycles. The molecule has 0 aliphatic carbocycles. The number of carbonyl (C=O) groups is 2. The summed E-state index contributed by atoms with van der Waals surface area (Å²) < 4.78 is 0. The van der Waals surface area contributed by atoms with E-state index in [1.807, 2.05) is 24.4 Å². The number of guanidine groups is 1. The largest absolute Gasteiger partial charge is 0.316 e. The summed E-state index contributed by atoms with van der Waals surface area (Å²) in [7, 11) is 0. The molecule has 1 unspecified atom stereocenters. The normalized spacial score (nSPS) is 16.9. The Kier molecular flexibility index (Phi) is 3.00. The van der Waals surface area contributed by atoms with Gasteiger partial charge in [-0.25, -0.2) is 4.99 Å².